The van der Waals surface area contributed by atoms with Crippen LogP contribution in [-0.4, -0.2) is 5.54 Å². The molecule has 0 saturated heterocycles. The third kappa shape index (κ3) is 2.52. The normalized spacial score (nSPS) is 27.8. The fourth-order valence-electron chi connectivity index (χ4n) is 1.80. The number of rotatable bonds is 0. The second kappa shape index (κ2) is 3.48. The van der Waals surface area contributed by atoms with E-state index >= 15 is 0 Å². The fourth-order valence-corrected chi connectivity index (χ4v) is 1.80. The second-order valence-corrected chi connectivity index (χ2v) is 6.77. The van der Waals surface area contributed by atoms with Crippen molar-refractivity contribution in [2.45, 2.75) is 53.5 Å². The van der Waals surface area contributed by atoms with E-state index in [1.165, 1.54) is 5.57 Å². The highest BCUT2D eigenvalue weighted by Crippen LogP contribution is 2.41. The van der Waals surface area contributed by atoms with Crippen molar-refractivity contribution in [1.29, 1.82) is 0 Å². The van der Waals surface area contributed by atoms with Crippen molar-refractivity contribution >= 4 is 0 Å². The third-order valence-corrected chi connectivity index (χ3v) is 3.53. The lowest BCUT2D eigenvalue weighted by Gasteiger charge is -2.43. The molecule has 1 unspecified atom stereocenters. The van der Waals surface area contributed by atoms with Crippen molar-refractivity contribution in [1.82, 2.24) is 0 Å². The highest BCUT2D eigenvalue weighted by atomic mass is 14.8. The molecule has 0 fully saturated rings. The van der Waals surface area contributed by atoms with Crippen molar-refractivity contribution in [3.8, 4) is 0 Å². The molecule has 1 aliphatic rings. The van der Waals surface area contributed by atoms with Crippen molar-refractivity contribution in [3.63, 3.8) is 0 Å². The Morgan fingerprint density at radius 1 is 1.13 bits per heavy atom. The van der Waals surface area contributed by atoms with Gasteiger partial charge in [-0.05, 0) is 17.3 Å². The van der Waals surface area contributed by atoms with Crippen LogP contribution in [0.4, 0.5) is 0 Å². The van der Waals surface area contributed by atoms with Crippen LogP contribution in [0.3, 0.4) is 0 Å². The van der Waals surface area contributed by atoms with E-state index in [9.17, 15) is 0 Å². The lowest BCUT2D eigenvalue weighted by atomic mass is 9.66. The minimum Gasteiger partial charge on any atom is -0.321 e. The predicted molar refractivity (Wildman–Crippen MR) is 67.7 cm³/mol. The van der Waals surface area contributed by atoms with Gasteiger partial charge in [0.25, 0.3) is 0 Å². The summed E-state index contributed by atoms with van der Waals surface area (Å²) in [6.07, 6.45) is 7.46. The molecule has 86 valence electrons. The summed E-state index contributed by atoms with van der Waals surface area (Å²) in [6, 6.07) is 0. The molecule has 1 heteroatoms. The van der Waals surface area contributed by atoms with Crippen molar-refractivity contribution in [2.24, 2.45) is 16.6 Å². The molecule has 0 aromatic carbocycles. The summed E-state index contributed by atoms with van der Waals surface area (Å²) >= 11 is 0. The molecule has 1 aliphatic carbocycles. The second-order valence-electron chi connectivity index (χ2n) is 6.77. The Balaban J connectivity index is 2.99. The zero-order valence-corrected chi connectivity index (χ0v) is 11.0. The number of allylic oxidation sites excluding steroid dienone is 2. The first-order valence-electron chi connectivity index (χ1n) is 5.74. The minimum absolute atomic E-state index is 0.105. The summed E-state index contributed by atoms with van der Waals surface area (Å²) in [5.41, 5.74) is 8.07. The average Bonchev–Trinajstić information content (AvgIpc) is 2.00. The first kappa shape index (κ1) is 12.5. The lowest BCUT2D eigenvalue weighted by molar-refractivity contribution is 0.226. The number of hydrogen-bond donors (Lipinski definition) is 1. The SMILES string of the molecule is CC(C)(C)C1=CC=CC(N)(C(C)(C)C)C1. The molecule has 0 amide bonds. The number of nitrogens with two attached hydrogens (primary N) is 1. The highest BCUT2D eigenvalue weighted by Gasteiger charge is 2.39. The van der Waals surface area contributed by atoms with Gasteiger partial charge < -0.3 is 5.73 Å². The van der Waals surface area contributed by atoms with Gasteiger partial charge >= 0.3 is 0 Å². The maximum absolute atomic E-state index is 6.50. The number of hydrogen-bond acceptors (Lipinski definition) is 1. The largest absolute Gasteiger partial charge is 0.321 e. The summed E-state index contributed by atoms with van der Waals surface area (Å²) in [6.45, 7) is 13.4. The zero-order chi connectivity index (χ0) is 11.9. The van der Waals surface area contributed by atoms with Gasteiger partial charge in [0.15, 0.2) is 0 Å². The molecule has 1 nitrogen and oxygen atoms in total. The predicted octanol–water partition coefficient (Wildman–Crippen LogP) is 3.66. The van der Waals surface area contributed by atoms with Crippen LogP contribution in [0.15, 0.2) is 23.8 Å². The van der Waals surface area contributed by atoms with Crippen LogP contribution in [0.5, 0.6) is 0 Å². The molecule has 0 aromatic heterocycles. The summed E-state index contributed by atoms with van der Waals surface area (Å²) in [7, 11) is 0. The van der Waals surface area contributed by atoms with E-state index in [0.717, 1.165) is 6.42 Å². The Labute approximate surface area is 94.4 Å². The van der Waals surface area contributed by atoms with E-state index in [4.69, 9.17) is 5.73 Å². The van der Waals surface area contributed by atoms with Gasteiger partial charge in [-0.2, -0.15) is 0 Å². The lowest BCUT2D eigenvalue weighted by Crippen LogP contribution is -2.51. The monoisotopic (exact) mass is 207 g/mol. The molecule has 0 aliphatic heterocycles. The molecule has 1 atom stereocenters. The molecule has 0 saturated carbocycles. The summed E-state index contributed by atoms with van der Waals surface area (Å²) in [5, 5.41) is 0. The van der Waals surface area contributed by atoms with Crippen molar-refractivity contribution in [3.05, 3.63) is 23.8 Å². The van der Waals surface area contributed by atoms with Crippen molar-refractivity contribution in [2.75, 3.05) is 0 Å². The summed E-state index contributed by atoms with van der Waals surface area (Å²) in [5.74, 6) is 0. The van der Waals surface area contributed by atoms with Gasteiger partial charge in [0.2, 0.25) is 0 Å². The Morgan fingerprint density at radius 2 is 1.67 bits per heavy atom. The molecule has 0 heterocycles. The first-order valence-corrected chi connectivity index (χ1v) is 5.74. The van der Waals surface area contributed by atoms with Gasteiger partial charge in [-0.25, -0.2) is 0 Å². The van der Waals surface area contributed by atoms with E-state index in [1.807, 2.05) is 0 Å². The third-order valence-electron chi connectivity index (χ3n) is 3.53. The van der Waals surface area contributed by atoms with Crippen LogP contribution >= 0.6 is 0 Å². The minimum atomic E-state index is -0.204. The van der Waals surface area contributed by atoms with Gasteiger partial charge in [-0.1, -0.05) is 65.3 Å². The van der Waals surface area contributed by atoms with Crippen LogP contribution in [0.2, 0.25) is 0 Å². The topological polar surface area (TPSA) is 26.0 Å². The van der Waals surface area contributed by atoms with Gasteiger partial charge in [-0.3, -0.25) is 0 Å². The fraction of sp³-hybridized carbons (Fsp3) is 0.714. The molecule has 0 radical (unpaired) electrons. The molecule has 1 rings (SSSR count). The van der Waals surface area contributed by atoms with Crippen LogP contribution in [0.1, 0.15) is 48.0 Å². The maximum Gasteiger partial charge on any atom is 0.0429 e. The Hall–Kier alpha value is -0.560. The van der Waals surface area contributed by atoms with Crippen LogP contribution in [0, 0.1) is 10.8 Å². The molecule has 0 spiro atoms. The van der Waals surface area contributed by atoms with E-state index in [1.54, 1.807) is 0 Å². The zero-order valence-electron chi connectivity index (χ0n) is 11.0. The smallest absolute Gasteiger partial charge is 0.0429 e. The highest BCUT2D eigenvalue weighted by molar-refractivity contribution is 5.31. The summed E-state index contributed by atoms with van der Waals surface area (Å²) in [4.78, 5) is 0. The van der Waals surface area contributed by atoms with E-state index < -0.39 is 0 Å². The molecular weight excluding hydrogens is 182 g/mol. The van der Waals surface area contributed by atoms with Crippen LogP contribution in [0.25, 0.3) is 0 Å². The average molecular weight is 207 g/mol. The standard InChI is InChI=1S/C14H25N/c1-12(2,3)11-8-7-9-14(15,10-11)13(4,5)6/h7-9H,10,15H2,1-6H3. The quantitative estimate of drug-likeness (QED) is 0.644. The molecule has 0 aromatic rings. The first-order chi connectivity index (χ1) is 6.56. The molecule has 15 heavy (non-hydrogen) atoms. The molecule has 2 N–H and O–H groups in total. The van der Waals surface area contributed by atoms with Crippen LogP contribution in [-0.2, 0) is 0 Å². The Bertz CT molecular complexity index is 296. The van der Waals surface area contributed by atoms with E-state index in [2.05, 4.69) is 59.8 Å². The van der Waals surface area contributed by atoms with E-state index in [-0.39, 0.29) is 16.4 Å². The molecular formula is C14H25N. The van der Waals surface area contributed by atoms with Crippen LogP contribution < -0.4 is 5.73 Å². The maximum atomic E-state index is 6.50. The van der Waals surface area contributed by atoms with Gasteiger partial charge in [0.1, 0.15) is 0 Å². The Kier molecular flexibility index (Phi) is 2.90. The van der Waals surface area contributed by atoms with Crippen molar-refractivity contribution < 1.29 is 0 Å². The Morgan fingerprint density at radius 3 is 2.07 bits per heavy atom. The van der Waals surface area contributed by atoms with Gasteiger partial charge in [0.05, 0.1) is 0 Å². The van der Waals surface area contributed by atoms with E-state index in [0.29, 0.717) is 0 Å². The molecule has 0 bridgehead atoms. The summed E-state index contributed by atoms with van der Waals surface area (Å²) < 4.78 is 0. The van der Waals surface area contributed by atoms with Gasteiger partial charge in [-0.15, -0.1) is 0 Å². The van der Waals surface area contributed by atoms with Gasteiger partial charge in [0, 0.05) is 5.54 Å².